The fourth-order valence-electron chi connectivity index (χ4n) is 2.81. The number of para-hydroxylation sites is 1. The third kappa shape index (κ3) is 6.20. The summed E-state index contributed by atoms with van der Waals surface area (Å²) in [5.74, 6) is 0.985. The van der Waals surface area contributed by atoms with E-state index in [9.17, 15) is 4.79 Å². The lowest BCUT2D eigenvalue weighted by atomic mass is 10.0. The van der Waals surface area contributed by atoms with Crippen LogP contribution in [0.15, 0.2) is 54.6 Å². The van der Waals surface area contributed by atoms with Crippen molar-refractivity contribution in [2.45, 2.75) is 31.7 Å². The van der Waals surface area contributed by atoms with E-state index in [1.807, 2.05) is 61.5 Å². The van der Waals surface area contributed by atoms with Crippen molar-refractivity contribution < 1.29 is 14.3 Å². The first-order valence-corrected chi connectivity index (χ1v) is 8.45. The molecule has 0 aromatic heterocycles. The average molecular weight is 398 g/mol. The van der Waals surface area contributed by atoms with Crippen LogP contribution in [0.1, 0.15) is 31.2 Å². The quantitative estimate of drug-likeness (QED) is 0.716. The molecule has 1 aliphatic rings. The number of nitrogens with one attached hydrogen (secondary N) is 1. The Hall–Kier alpha value is -1.75. The largest absolute Gasteiger partial charge is 0.464 e. The van der Waals surface area contributed by atoms with Gasteiger partial charge in [-0.3, -0.25) is 4.79 Å². The molecule has 2 aromatic rings. The summed E-state index contributed by atoms with van der Waals surface area (Å²) in [7, 11) is 0. The van der Waals surface area contributed by atoms with Crippen molar-refractivity contribution in [3.8, 4) is 11.5 Å². The lowest BCUT2D eigenvalue weighted by Gasteiger charge is -2.15. The number of rotatable bonds is 6. The number of halogens is 2. The van der Waals surface area contributed by atoms with Crippen LogP contribution in [0.3, 0.4) is 0 Å². The van der Waals surface area contributed by atoms with Gasteiger partial charge in [-0.1, -0.05) is 30.3 Å². The first kappa shape index (κ1) is 22.3. The summed E-state index contributed by atoms with van der Waals surface area (Å²) in [6, 6.07) is 17.5. The minimum absolute atomic E-state index is 0. The first-order chi connectivity index (χ1) is 11.7. The molecule has 2 aromatic carbocycles. The number of carbonyl (C=O) groups excluding carboxylic acids is 1. The van der Waals surface area contributed by atoms with Gasteiger partial charge >= 0.3 is 5.97 Å². The summed E-state index contributed by atoms with van der Waals surface area (Å²) in [6.45, 7) is 3.33. The molecule has 1 heterocycles. The highest BCUT2D eigenvalue weighted by atomic mass is 35.5. The van der Waals surface area contributed by atoms with Gasteiger partial charge in [0, 0.05) is 6.04 Å². The molecule has 1 fully saturated rings. The van der Waals surface area contributed by atoms with Crippen LogP contribution in [0.4, 0.5) is 0 Å². The predicted molar refractivity (Wildman–Crippen MR) is 108 cm³/mol. The van der Waals surface area contributed by atoms with Crippen LogP contribution in [0, 0.1) is 0 Å². The second-order valence-electron chi connectivity index (χ2n) is 6.13. The van der Waals surface area contributed by atoms with E-state index in [1.165, 1.54) is 0 Å². The van der Waals surface area contributed by atoms with E-state index in [2.05, 4.69) is 5.32 Å². The normalized spacial score (nSPS) is 16.7. The molecule has 6 heteroatoms. The number of hydrogen-bond donors (Lipinski definition) is 1. The Bertz CT molecular complexity index is 676. The van der Waals surface area contributed by atoms with Crippen LogP contribution in [-0.2, 0) is 9.53 Å². The van der Waals surface area contributed by atoms with E-state index < -0.39 is 0 Å². The fourth-order valence-corrected chi connectivity index (χ4v) is 2.81. The zero-order valence-corrected chi connectivity index (χ0v) is 16.4. The summed E-state index contributed by atoms with van der Waals surface area (Å²) in [5, 5.41) is 3.33. The molecule has 2 atom stereocenters. The van der Waals surface area contributed by atoms with Gasteiger partial charge in [-0.15, -0.1) is 24.8 Å². The van der Waals surface area contributed by atoms with Crippen molar-refractivity contribution >= 4 is 30.8 Å². The van der Waals surface area contributed by atoms with Crippen molar-refractivity contribution in [1.29, 1.82) is 0 Å². The number of ether oxygens (including phenoxy) is 2. The van der Waals surface area contributed by atoms with Crippen LogP contribution in [-0.4, -0.2) is 25.2 Å². The lowest BCUT2D eigenvalue weighted by molar-refractivity contribution is -0.145. The van der Waals surface area contributed by atoms with E-state index in [0.29, 0.717) is 12.6 Å². The van der Waals surface area contributed by atoms with Gasteiger partial charge in [0.2, 0.25) is 0 Å². The van der Waals surface area contributed by atoms with Gasteiger partial charge in [0.25, 0.3) is 0 Å². The van der Waals surface area contributed by atoms with E-state index in [0.717, 1.165) is 36.4 Å². The van der Waals surface area contributed by atoms with Crippen molar-refractivity contribution in [3.05, 3.63) is 60.2 Å². The molecule has 26 heavy (non-hydrogen) atoms. The summed E-state index contributed by atoms with van der Waals surface area (Å²) >= 11 is 0. The Morgan fingerprint density at radius 3 is 2.54 bits per heavy atom. The third-order valence-electron chi connectivity index (χ3n) is 4.28. The molecule has 0 spiro atoms. The number of carbonyl (C=O) groups is 1. The standard InChI is InChI=1S/C20H23NO3.2ClH/c1-15(20(22)23-14-17-8-6-12-21-17)16-7-5-11-19(13-16)24-18-9-3-2-4-10-18;;/h2-5,7,9-11,13,15,17,21H,6,8,12,14H2,1H3;2*1H. The SMILES string of the molecule is CC(C(=O)OCC1CCCN1)c1cccc(Oc2ccccc2)c1.Cl.Cl. The Labute approximate surface area is 167 Å². The number of hydrogen-bond acceptors (Lipinski definition) is 4. The summed E-state index contributed by atoms with van der Waals surface area (Å²) < 4.78 is 11.3. The highest BCUT2D eigenvalue weighted by Crippen LogP contribution is 2.26. The Kier molecular flexibility index (Phi) is 9.49. The van der Waals surface area contributed by atoms with Crippen molar-refractivity contribution in [1.82, 2.24) is 5.32 Å². The molecule has 142 valence electrons. The highest BCUT2D eigenvalue weighted by molar-refractivity contribution is 5.85. The monoisotopic (exact) mass is 397 g/mol. The molecule has 2 unspecified atom stereocenters. The second kappa shape index (κ2) is 11.1. The lowest BCUT2D eigenvalue weighted by Crippen LogP contribution is -2.29. The summed E-state index contributed by atoms with van der Waals surface area (Å²) in [4.78, 5) is 12.3. The molecule has 3 rings (SSSR count). The van der Waals surface area contributed by atoms with E-state index in [-0.39, 0.29) is 36.7 Å². The molecular formula is C20H25Cl2NO3. The predicted octanol–water partition coefficient (Wildman–Crippen LogP) is 4.72. The Morgan fingerprint density at radius 1 is 1.12 bits per heavy atom. The summed E-state index contributed by atoms with van der Waals surface area (Å²) in [5.41, 5.74) is 0.896. The minimum atomic E-state index is -0.314. The van der Waals surface area contributed by atoms with Crippen molar-refractivity contribution in [2.75, 3.05) is 13.2 Å². The maximum absolute atomic E-state index is 12.3. The smallest absolute Gasteiger partial charge is 0.313 e. The Morgan fingerprint density at radius 2 is 1.85 bits per heavy atom. The minimum Gasteiger partial charge on any atom is -0.464 e. The van der Waals surface area contributed by atoms with Gasteiger partial charge in [-0.2, -0.15) is 0 Å². The van der Waals surface area contributed by atoms with E-state index in [4.69, 9.17) is 9.47 Å². The Balaban J connectivity index is 0.00000169. The molecule has 0 radical (unpaired) electrons. The molecule has 1 aliphatic heterocycles. The van der Waals surface area contributed by atoms with E-state index >= 15 is 0 Å². The maximum Gasteiger partial charge on any atom is 0.313 e. The van der Waals surface area contributed by atoms with Crippen LogP contribution in [0.25, 0.3) is 0 Å². The number of benzene rings is 2. The topological polar surface area (TPSA) is 47.6 Å². The second-order valence-corrected chi connectivity index (χ2v) is 6.13. The van der Waals surface area contributed by atoms with Gasteiger partial charge in [0.05, 0.1) is 5.92 Å². The molecule has 4 nitrogen and oxygen atoms in total. The zero-order chi connectivity index (χ0) is 16.8. The van der Waals surface area contributed by atoms with Crippen LogP contribution < -0.4 is 10.1 Å². The summed E-state index contributed by atoms with van der Waals surface area (Å²) in [6.07, 6.45) is 2.22. The molecule has 0 bridgehead atoms. The fraction of sp³-hybridized carbons (Fsp3) is 0.350. The van der Waals surface area contributed by atoms with Gasteiger partial charge in [-0.25, -0.2) is 0 Å². The molecular weight excluding hydrogens is 373 g/mol. The molecule has 0 saturated carbocycles. The van der Waals surface area contributed by atoms with Crippen LogP contribution >= 0.6 is 24.8 Å². The molecule has 1 N–H and O–H groups in total. The highest BCUT2D eigenvalue weighted by Gasteiger charge is 2.21. The zero-order valence-electron chi connectivity index (χ0n) is 14.7. The molecule has 0 amide bonds. The van der Waals surface area contributed by atoms with Crippen molar-refractivity contribution in [3.63, 3.8) is 0 Å². The van der Waals surface area contributed by atoms with Gasteiger partial charge in [0.1, 0.15) is 18.1 Å². The van der Waals surface area contributed by atoms with Gasteiger partial charge in [-0.05, 0) is 56.1 Å². The maximum atomic E-state index is 12.3. The first-order valence-electron chi connectivity index (χ1n) is 8.45. The molecule has 1 saturated heterocycles. The number of esters is 1. The molecule has 0 aliphatic carbocycles. The van der Waals surface area contributed by atoms with Crippen molar-refractivity contribution in [2.24, 2.45) is 0 Å². The average Bonchev–Trinajstić information content (AvgIpc) is 3.14. The third-order valence-corrected chi connectivity index (χ3v) is 4.28. The van der Waals surface area contributed by atoms with Gasteiger partial charge < -0.3 is 14.8 Å². The van der Waals surface area contributed by atoms with E-state index in [1.54, 1.807) is 0 Å². The van der Waals surface area contributed by atoms with Crippen LogP contribution in [0.5, 0.6) is 11.5 Å². The van der Waals surface area contributed by atoms with Gasteiger partial charge in [0.15, 0.2) is 0 Å². The van der Waals surface area contributed by atoms with Crippen LogP contribution in [0.2, 0.25) is 0 Å².